The van der Waals surface area contributed by atoms with Crippen LogP contribution >= 0.6 is 0 Å². The van der Waals surface area contributed by atoms with Gasteiger partial charge in [-0.25, -0.2) is 0 Å². The van der Waals surface area contributed by atoms with Crippen molar-refractivity contribution >= 4 is 12.2 Å². The van der Waals surface area contributed by atoms with E-state index in [0.717, 1.165) is 28.9 Å². The first-order chi connectivity index (χ1) is 11.4. The molecule has 0 unspecified atom stereocenters. The highest BCUT2D eigenvalue weighted by Crippen LogP contribution is 2.62. The van der Waals surface area contributed by atoms with Crippen LogP contribution < -0.4 is 11.5 Å². The van der Waals surface area contributed by atoms with E-state index in [0.29, 0.717) is 11.3 Å². The highest BCUT2D eigenvalue weighted by atomic mass is 16.3. The van der Waals surface area contributed by atoms with Crippen molar-refractivity contribution in [1.29, 1.82) is 0 Å². The number of aryl methyl sites for hydroxylation is 1. The Labute approximate surface area is 142 Å². The molecule has 0 radical (unpaired) electrons. The van der Waals surface area contributed by atoms with Crippen molar-refractivity contribution in [3.63, 3.8) is 0 Å². The van der Waals surface area contributed by atoms with Gasteiger partial charge in [-0.15, -0.1) is 5.10 Å². The molecule has 0 saturated heterocycles. The van der Waals surface area contributed by atoms with Gasteiger partial charge in [0, 0.05) is 11.1 Å². The van der Waals surface area contributed by atoms with Crippen LogP contribution in [0, 0.1) is 24.7 Å². The zero-order valence-electron chi connectivity index (χ0n) is 14.2. The molecule has 0 aliphatic heterocycles. The number of hydrogen-bond donors (Lipinski definition) is 3. The summed E-state index contributed by atoms with van der Waals surface area (Å²) >= 11 is 0. The molecule has 24 heavy (non-hydrogen) atoms. The number of aromatic hydroxyl groups is 1. The first-order valence-electron chi connectivity index (χ1n) is 8.91. The van der Waals surface area contributed by atoms with Crippen LogP contribution in [0.1, 0.15) is 55.2 Å². The number of phenols is 1. The standard InChI is InChI=1S/C19H26N4O/c1-11-2-15(10-22-23-18(20)21)17(24)16(3-11)19-7-12-4-13(8-19)6-14(5-12)9-19/h2-3,10,12-14,24H,4-9H2,1H3,(H4,20,21,23). The molecule has 0 atom stereocenters. The molecule has 0 heterocycles. The van der Waals surface area contributed by atoms with Crippen LogP contribution in [0.15, 0.2) is 22.3 Å². The lowest BCUT2D eigenvalue weighted by Gasteiger charge is -2.57. The molecule has 0 aromatic heterocycles. The predicted octanol–water partition coefficient (Wildman–Crippen LogP) is 2.78. The molecule has 1 aromatic rings. The van der Waals surface area contributed by atoms with Crippen LogP contribution in [-0.4, -0.2) is 17.3 Å². The van der Waals surface area contributed by atoms with Crippen LogP contribution in [0.5, 0.6) is 5.75 Å². The number of benzene rings is 1. The van der Waals surface area contributed by atoms with Crippen molar-refractivity contribution < 1.29 is 5.11 Å². The molecule has 0 amide bonds. The van der Waals surface area contributed by atoms with Crippen molar-refractivity contribution in [1.82, 2.24) is 0 Å². The molecular weight excluding hydrogens is 300 g/mol. The van der Waals surface area contributed by atoms with Crippen molar-refractivity contribution in [2.24, 2.45) is 39.4 Å². The van der Waals surface area contributed by atoms with Gasteiger partial charge >= 0.3 is 0 Å². The Hall–Kier alpha value is -2.04. The third-order valence-electron chi connectivity index (χ3n) is 6.26. The molecule has 4 aliphatic rings. The van der Waals surface area contributed by atoms with E-state index < -0.39 is 0 Å². The van der Waals surface area contributed by atoms with Gasteiger partial charge in [-0.3, -0.25) is 0 Å². The molecule has 1 aromatic carbocycles. The number of phenolic OH excluding ortho intramolecular Hbond substituents is 1. The summed E-state index contributed by atoms with van der Waals surface area (Å²) in [6.45, 7) is 2.07. The average molecular weight is 326 g/mol. The fourth-order valence-corrected chi connectivity index (χ4v) is 5.91. The quantitative estimate of drug-likeness (QED) is 0.452. The van der Waals surface area contributed by atoms with Crippen LogP contribution in [0.2, 0.25) is 0 Å². The fourth-order valence-electron chi connectivity index (χ4n) is 5.91. The number of nitrogens with two attached hydrogens (primary N) is 2. The Morgan fingerprint density at radius 2 is 1.71 bits per heavy atom. The van der Waals surface area contributed by atoms with Crippen molar-refractivity contribution in [3.8, 4) is 5.75 Å². The van der Waals surface area contributed by atoms with Gasteiger partial charge in [0.2, 0.25) is 5.96 Å². The maximum Gasteiger partial charge on any atom is 0.211 e. The van der Waals surface area contributed by atoms with E-state index in [4.69, 9.17) is 11.5 Å². The molecule has 5 N–H and O–H groups in total. The number of hydrogen-bond acceptors (Lipinski definition) is 3. The van der Waals surface area contributed by atoms with E-state index >= 15 is 0 Å². The molecule has 128 valence electrons. The molecule has 0 spiro atoms. The number of rotatable bonds is 3. The Bertz CT molecular complexity index is 683. The lowest BCUT2D eigenvalue weighted by molar-refractivity contribution is -0.00616. The molecule has 4 aliphatic carbocycles. The Kier molecular flexibility index (Phi) is 3.55. The second-order valence-electron chi connectivity index (χ2n) is 8.22. The summed E-state index contributed by atoms with van der Waals surface area (Å²) in [5.41, 5.74) is 13.7. The minimum atomic E-state index is -0.0836. The second-order valence-corrected chi connectivity index (χ2v) is 8.22. The average Bonchev–Trinajstić information content (AvgIpc) is 2.48. The van der Waals surface area contributed by atoms with Gasteiger partial charge in [0.1, 0.15) is 5.75 Å². The van der Waals surface area contributed by atoms with Crippen molar-refractivity contribution in [2.45, 2.75) is 50.9 Å². The van der Waals surface area contributed by atoms with E-state index in [1.807, 2.05) is 6.07 Å². The summed E-state index contributed by atoms with van der Waals surface area (Å²) in [6, 6.07) is 4.12. The lowest BCUT2D eigenvalue weighted by atomic mass is 9.48. The molecule has 5 nitrogen and oxygen atoms in total. The van der Waals surface area contributed by atoms with Gasteiger partial charge in [-0.05, 0) is 80.2 Å². The SMILES string of the molecule is Cc1cc(C=NN=C(N)N)c(O)c(C23CC4CC(CC(C4)C2)C3)c1. The highest BCUT2D eigenvalue weighted by Gasteiger charge is 2.52. The van der Waals surface area contributed by atoms with E-state index in [1.165, 1.54) is 38.5 Å². The largest absolute Gasteiger partial charge is 0.507 e. The van der Waals surface area contributed by atoms with E-state index in [1.54, 1.807) is 6.21 Å². The zero-order chi connectivity index (χ0) is 16.9. The maximum atomic E-state index is 10.9. The molecule has 4 fully saturated rings. The predicted molar refractivity (Wildman–Crippen MR) is 96.1 cm³/mol. The van der Waals surface area contributed by atoms with E-state index in [-0.39, 0.29) is 11.4 Å². The smallest absolute Gasteiger partial charge is 0.211 e. The topological polar surface area (TPSA) is 97.0 Å². The monoisotopic (exact) mass is 326 g/mol. The molecule has 5 heteroatoms. The van der Waals surface area contributed by atoms with Crippen LogP contribution in [0.3, 0.4) is 0 Å². The lowest BCUT2D eigenvalue weighted by Crippen LogP contribution is -2.48. The van der Waals surface area contributed by atoms with Gasteiger partial charge < -0.3 is 16.6 Å². The Morgan fingerprint density at radius 1 is 1.12 bits per heavy atom. The second kappa shape index (κ2) is 5.50. The number of nitrogens with zero attached hydrogens (tertiary/aromatic N) is 2. The van der Waals surface area contributed by atoms with Gasteiger partial charge in [0.05, 0.1) is 6.21 Å². The van der Waals surface area contributed by atoms with Crippen LogP contribution in [0.4, 0.5) is 0 Å². The normalized spacial score (nSPS) is 34.0. The van der Waals surface area contributed by atoms with Crippen molar-refractivity contribution in [2.75, 3.05) is 0 Å². The van der Waals surface area contributed by atoms with E-state index in [2.05, 4.69) is 23.2 Å². The first-order valence-corrected chi connectivity index (χ1v) is 8.91. The fraction of sp³-hybridized carbons (Fsp3) is 0.579. The molecular formula is C19H26N4O. The zero-order valence-corrected chi connectivity index (χ0v) is 14.2. The summed E-state index contributed by atoms with van der Waals surface area (Å²) in [5, 5.41) is 18.5. The van der Waals surface area contributed by atoms with Crippen LogP contribution in [0.25, 0.3) is 0 Å². The summed E-state index contributed by atoms with van der Waals surface area (Å²) in [5.74, 6) is 2.80. The molecule has 4 saturated carbocycles. The minimum Gasteiger partial charge on any atom is -0.507 e. The molecule has 5 rings (SSSR count). The Balaban J connectivity index is 1.74. The number of guanidine groups is 1. The maximum absolute atomic E-state index is 10.9. The van der Waals surface area contributed by atoms with Crippen LogP contribution in [-0.2, 0) is 5.41 Å². The van der Waals surface area contributed by atoms with Gasteiger partial charge in [-0.1, -0.05) is 6.07 Å². The first kappa shape index (κ1) is 15.5. The van der Waals surface area contributed by atoms with Crippen molar-refractivity contribution in [3.05, 3.63) is 28.8 Å². The Morgan fingerprint density at radius 3 is 2.25 bits per heavy atom. The molecule has 4 bridgehead atoms. The third-order valence-corrected chi connectivity index (χ3v) is 6.26. The summed E-state index contributed by atoms with van der Waals surface area (Å²) in [4.78, 5) is 0. The third kappa shape index (κ3) is 2.56. The van der Waals surface area contributed by atoms with E-state index in [9.17, 15) is 5.11 Å². The summed E-state index contributed by atoms with van der Waals surface area (Å²) < 4.78 is 0. The van der Waals surface area contributed by atoms with Gasteiger partial charge in [-0.2, -0.15) is 5.10 Å². The highest BCUT2D eigenvalue weighted by molar-refractivity contribution is 5.85. The summed E-state index contributed by atoms with van der Waals surface area (Å²) in [7, 11) is 0. The van der Waals surface area contributed by atoms with Gasteiger partial charge in [0.15, 0.2) is 0 Å². The van der Waals surface area contributed by atoms with Gasteiger partial charge in [0.25, 0.3) is 0 Å². The summed E-state index contributed by atoms with van der Waals surface area (Å²) in [6.07, 6.45) is 9.40. The minimum absolute atomic E-state index is 0.0836.